The van der Waals surface area contributed by atoms with Crippen LogP contribution in [0.4, 0.5) is 19.0 Å². The predicted octanol–water partition coefficient (Wildman–Crippen LogP) is 3.92. The van der Waals surface area contributed by atoms with Crippen LogP contribution in [0.25, 0.3) is 11.4 Å². The van der Waals surface area contributed by atoms with Crippen LogP contribution in [0.5, 0.6) is 0 Å². The van der Waals surface area contributed by atoms with Crippen molar-refractivity contribution in [3.63, 3.8) is 0 Å². The fraction of sp³-hybridized carbons (Fsp3) is 0.167. The molecular weight excluding hydrogens is 329 g/mol. The van der Waals surface area contributed by atoms with Crippen LogP contribution in [0.2, 0.25) is 0 Å². The van der Waals surface area contributed by atoms with E-state index in [1.807, 2.05) is 12.1 Å². The lowest BCUT2D eigenvalue weighted by atomic mass is 10.2. The molecule has 3 rings (SSSR count). The fourth-order valence-electron chi connectivity index (χ4n) is 2.35. The van der Waals surface area contributed by atoms with Gasteiger partial charge in [-0.3, -0.25) is 4.98 Å². The van der Waals surface area contributed by atoms with Crippen molar-refractivity contribution in [3.05, 3.63) is 71.4 Å². The lowest BCUT2D eigenvalue weighted by Crippen LogP contribution is -2.08. The van der Waals surface area contributed by atoms with E-state index in [2.05, 4.69) is 20.3 Å². The highest BCUT2D eigenvalue weighted by molar-refractivity contribution is 5.58. The quantitative estimate of drug-likeness (QED) is 0.713. The van der Waals surface area contributed by atoms with Crippen molar-refractivity contribution in [1.29, 1.82) is 0 Å². The molecular formula is C18H15F3N4. The molecule has 2 heterocycles. The number of rotatable bonds is 5. The van der Waals surface area contributed by atoms with E-state index in [1.54, 1.807) is 25.4 Å². The summed E-state index contributed by atoms with van der Waals surface area (Å²) in [5.74, 6) is -3.40. The highest BCUT2D eigenvalue weighted by Gasteiger charge is 2.14. The fourth-order valence-corrected chi connectivity index (χ4v) is 2.35. The molecule has 0 saturated carbocycles. The first kappa shape index (κ1) is 16.9. The number of nitrogens with one attached hydrogen (secondary N) is 1. The first-order valence-electron chi connectivity index (χ1n) is 7.66. The Morgan fingerprint density at radius 3 is 2.48 bits per heavy atom. The van der Waals surface area contributed by atoms with Crippen LogP contribution >= 0.6 is 0 Å². The number of hydrogen-bond donors (Lipinski definition) is 1. The maximum atomic E-state index is 13.4. The molecule has 3 aromatic rings. The van der Waals surface area contributed by atoms with Crippen molar-refractivity contribution in [2.75, 3.05) is 11.9 Å². The highest BCUT2D eigenvalue weighted by atomic mass is 19.2. The van der Waals surface area contributed by atoms with Gasteiger partial charge in [0.15, 0.2) is 23.3 Å². The largest absolute Gasteiger partial charge is 0.370 e. The minimum Gasteiger partial charge on any atom is -0.370 e. The molecule has 128 valence electrons. The van der Waals surface area contributed by atoms with Crippen LogP contribution in [-0.2, 0) is 6.42 Å². The van der Waals surface area contributed by atoms with Crippen LogP contribution in [0.15, 0.2) is 42.7 Å². The van der Waals surface area contributed by atoms with E-state index in [-0.39, 0.29) is 11.4 Å². The van der Waals surface area contributed by atoms with E-state index in [0.717, 1.165) is 24.1 Å². The average Bonchev–Trinajstić information content (AvgIpc) is 2.60. The minimum absolute atomic E-state index is 0.0791. The zero-order chi connectivity index (χ0) is 17.8. The molecule has 1 N–H and O–H groups in total. The summed E-state index contributed by atoms with van der Waals surface area (Å²) >= 11 is 0. The van der Waals surface area contributed by atoms with Crippen LogP contribution in [0.3, 0.4) is 0 Å². The Kier molecular flexibility index (Phi) is 4.92. The first-order valence-corrected chi connectivity index (χ1v) is 7.66. The molecule has 0 atom stereocenters. The summed E-state index contributed by atoms with van der Waals surface area (Å²) in [6, 6.07) is 7.32. The van der Waals surface area contributed by atoms with Crippen molar-refractivity contribution in [2.45, 2.75) is 13.3 Å². The molecule has 25 heavy (non-hydrogen) atoms. The van der Waals surface area contributed by atoms with Crippen molar-refractivity contribution in [1.82, 2.24) is 15.0 Å². The van der Waals surface area contributed by atoms with Crippen LogP contribution in [0.1, 0.15) is 11.3 Å². The highest BCUT2D eigenvalue weighted by Crippen LogP contribution is 2.22. The summed E-state index contributed by atoms with van der Waals surface area (Å²) < 4.78 is 40.0. The number of benzene rings is 1. The summed E-state index contributed by atoms with van der Waals surface area (Å²) in [6.07, 6.45) is 4.23. The summed E-state index contributed by atoms with van der Waals surface area (Å²) in [6.45, 7) is 2.35. The molecule has 0 radical (unpaired) electrons. The third-order valence-corrected chi connectivity index (χ3v) is 3.54. The zero-order valence-electron chi connectivity index (χ0n) is 13.4. The third-order valence-electron chi connectivity index (χ3n) is 3.54. The van der Waals surface area contributed by atoms with Crippen molar-refractivity contribution in [2.24, 2.45) is 0 Å². The van der Waals surface area contributed by atoms with Gasteiger partial charge in [0.05, 0.1) is 0 Å². The van der Waals surface area contributed by atoms with E-state index in [9.17, 15) is 13.2 Å². The Hall–Kier alpha value is -2.96. The maximum Gasteiger partial charge on any atom is 0.194 e. The van der Waals surface area contributed by atoms with Gasteiger partial charge in [0.2, 0.25) is 0 Å². The Morgan fingerprint density at radius 1 is 1.04 bits per heavy atom. The molecule has 0 amide bonds. The minimum atomic E-state index is -1.51. The number of pyridine rings is 1. The molecule has 2 aromatic heterocycles. The molecule has 0 aliphatic carbocycles. The lowest BCUT2D eigenvalue weighted by Gasteiger charge is -2.09. The van der Waals surface area contributed by atoms with Gasteiger partial charge in [-0.25, -0.2) is 23.1 Å². The molecule has 0 spiro atoms. The van der Waals surface area contributed by atoms with Crippen molar-refractivity contribution < 1.29 is 13.2 Å². The normalized spacial score (nSPS) is 10.7. The van der Waals surface area contributed by atoms with Crippen molar-refractivity contribution in [3.8, 4) is 11.4 Å². The van der Waals surface area contributed by atoms with Crippen molar-refractivity contribution >= 4 is 5.82 Å². The van der Waals surface area contributed by atoms with Crippen LogP contribution in [0, 0.1) is 24.4 Å². The second-order valence-corrected chi connectivity index (χ2v) is 5.51. The predicted molar refractivity (Wildman–Crippen MR) is 88.5 cm³/mol. The summed E-state index contributed by atoms with van der Waals surface area (Å²) in [7, 11) is 0. The summed E-state index contributed by atoms with van der Waals surface area (Å²) in [4.78, 5) is 12.5. The third kappa shape index (κ3) is 4.12. The van der Waals surface area contributed by atoms with Gasteiger partial charge >= 0.3 is 0 Å². The molecule has 0 bridgehead atoms. The smallest absolute Gasteiger partial charge is 0.194 e. The van der Waals surface area contributed by atoms with Crippen LogP contribution < -0.4 is 5.32 Å². The summed E-state index contributed by atoms with van der Waals surface area (Å²) in [5.41, 5.74) is 1.78. The number of halogens is 3. The molecule has 0 aliphatic rings. The van der Waals surface area contributed by atoms with E-state index in [1.165, 1.54) is 0 Å². The Bertz CT molecular complexity index is 862. The van der Waals surface area contributed by atoms with Gasteiger partial charge in [-0.1, -0.05) is 6.07 Å². The van der Waals surface area contributed by atoms with Gasteiger partial charge in [-0.2, -0.15) is 0 Å². The number of aromatic nitrogens is 3. The van der Waals surface area contributed by atoms with E-state index >= 15 is 0 Å². The maximum absolute atomic E-state index is 13.4. The second kappa shape index (κ2) is 7.29. The monoisotopic (exact) mass is 344 g/mol. The molecule has 7 heteroatoms. The molecule has 0 fully saturated rings. The summed E-state index contributed by atoms with van der Waals surface area (Å²) in [5, 5.41) is 3.14. The second-order valence-electron chi connectivity index (χ2n) is 5.51. The number of anilines is 1. The van der Waals surface area contributed by atoms with Crippen LogP contribution in [-0.4, -0.2) is 21.5 Å². The number of nitrogens with zero attached hydrogens (tertiary/aromatic N) is 3. The lowest BCUT2D eigenvalue weighted by molar-refractivity contribution is 0.447. The van der Waals surface area contributed by atoms with Gasteiger partial charge < -0.3 is 5.32 Å². The van der Waals surface area contributed by atoms with E-state index < -0.39 is 17.5 Å². The standard InChI is InChI=1S/C18H15F3N4/c1-11-7-16(23-6-4-12-3-2-5-22-10-12)25-18(24-11)13-8-14(19)17(21)15(20)9-13/h2-3,5,7-10H,4,6H2,1H3,(H,23,24,25). The van der Waals surface area contributed by atoms with Gasteiger partial charge in [-0.05, 0) is 37.1 Å². The van der Waals surface area contributed by atoms with Gasteiger partial charge in [0, 0.05) is 36.3 Å². The zero-order valence-corrected chi connectivity index (χ0v) is 13.4. The Labute approximate surface area is 142 Å². The van der Waals surface area contributed by atoms with Gasteiger partial charge in [0.1, 0.15) is 5.82 Å². The molecule has 0 aliphatic heterocycles. The SMILES string of the molecule is Cc1cc(NCCc2cccnc2)nc(-c2cc(F)c(F)c(F)c2)n1. The molecule has 4 nitrogen and oxygen atoms in total. The van der Waals surface area contributed by atoms with Gasteiger partial charge in [0.25, 0.3) is 0 Å². The average molecular weight is 344 g/mol. The van der Waals surface area contributed by atoms with E-state index in [4.69, 9.17) is 0 Å². The first-order chi connectivity index (χ1) is 12.0. The molecule has 0 saturated heterocycles. The van der Waals surface area contributed by atoms with Gasteiger partial charge in [-0.15, -0.1) is 0 Å². The number of aryl methyl sites for hydroxylation is 1. The number of hydrogen-bond acceptors (Lipinski definition) is 4. The van der Waals surface area contributed by atoms with E-state index in [0.29, 0.717) is 18.1 Å². The Balaban J connectivity index is 1.79. The topological polar surface area (TPSA) is 50.7 Å². The molecule has 0 unspecified atom stereocenters. The molecule has 1 aromatic carbocycles. The Morgan fingerprint density at radius 2 is 1.80 bits per heavy atom.